The van der Waals surface area contributed by atoms with E-state index in [2.05, 4.69) is 25.6 Å². The zero-order valence-corrected chi connectivity index (χ0v) is 17.5. The monoisotopic (exact) mass is 429 g/mol. The van der Waals surface area contributed by atoms with E-state index in [1.807, 2.05) is 32.1 Å². The lowest BCUT2D eigenvalue weighted by Gasteiger charge is -2.41. The number of nitrogens with one attached hydrogen (secondary N) is 1. The molecule has 8 nitrogen and oxygen atoms in total. The highest BCUT2D eigenvalue weighted by molar-refractivity contribution is 6.37. The number of hydrogen-bond donors (Lipinski definition) is 2. The Hall–Kier alpha value is -3.82. The SMILES string of the molecule is Bc1nn(C(N)=O)c2ccc(-c3ccc(NCC4(c5ncccc5F)CCC4)nn3)cc12. The highest BCUT2D eigenvalue weighted by Crippen LogP contribution is 2.43. The number of halogens is 1. The lowest BCUT2D eigenvalue weighted by atomic mass is 9.66. The molecular weight excluding hydrogens is 408 g/mol. The number of benzene rings is 1. The smallest absolute Gasteiger partial charge is 0.340 e. The van der Waals surface area contributed by atoms with E-state index < -0.39 is 6.03 Å². The third-order valence-electron chi connectivity index (χ3n) is 6.21. The normalized spacial score (nSPS) is 14.8. The fourth-order valence-corrected chi connectivity index (χ4v) is 4.31. The third kappa shape index (κ3) is 3.37. The molecule has 5 rings (SSSR count). The second-order valence-electron chi connectivity index (χ2n) is 8.19. The van der Waals surface area contributed by atoms with E-state index in [0.29, 0.717) is 34.9 Å². The summed E-state index contributed by atoms with van der Waals surface area (Å²) in [7, 11) is 1.82. The van der Waals surface area contributed by atoms with Crippen molar-refractivity contribution in [1.82, 2.24) is 25.0 Å². The van der Waals surface area contributed by atoms with Crippen molar-refractivity contribution in [2.24, 2.45) is 5.73 Å². The minimum Gasteiger partial charge on any atom is -0.368 e. The largest absolute Gasteiger partial charge is 0.368 e. The van der Waals surface area contributed by atoms with Crippen LogP contribution in [0.3, 0.4) is 0 Å². The first-order valence-electron chi connectivity index (χ1n) is 10.4. The molecule has 1 aromatic carbocycles. The van der Waals surface area contributed by atoms with Gasteiger partial charge in [0.25, 0.3) is 0 Å². The molecule has 1 aliphatic carbocycles. The standard InChI is InChI=1S/C22H21BFN7O/c23-20-14-11-13(4-6-17(14)31(30-20)21(25)32)16-5-7-18(29-28-16)27-12-22(8-2-9-22)19-15(24)3-1-10-26-19/h1,3-7,10-11H,2,8-9,12,23H2,(H2,25,32)(H,27,29). The average Bonchev–Trinajstić information content (AvgIpc) is 3.11. The summed E-state index contributed by atoms with van der Waals surface area (Å²) in [6, 6.07) is 11.7. The van der Waals surface area contributed by atoms with Crippen molar-refractivity contribution in [2.75, 3.05) is 11.9 Å². The highest BCUT2D eigenvalue weighted by Gasteiger charge is 2.41. The Kier molecular flexibility index (Phi) is 4.84. The Morgan fingerprint density at radius 3 is 2.72 bits per heavy atom. The van der Waals surface area contributed by atoms with Gasteiger partial charge in [-0.3, -0.25) is 4.98 Å². The lowest BCUT2D eigenvalue weighted by molar-refractivity contribution is 0.243. The molecule has 0 radical (unpaired) electrons. The maximum absolute atomic E-state index is 14.3. The summed E-state index contributed by atoms with van der Waals surface area (Å²) in [4.78, 5) is 15.9. The molecule has 0 saturated heterocycles. The van der Waals surface area contributed by atoms with Crippen LogP contribution in [0.1, 0.15) is 25.0 Å². The molecule has 3 heterocycles. The number of anilines is 1. The van der Waals surface area contributed by atoms with Crippen LogP contribution in [-0.2, 0) is 5.41 Å². The van der Waals surface area contributed by atoms with Gasteiger partial charge in [-0.05, 0) is 49.2 Å². The van der Waals surface area contributed by atoms with Gasteiger partial charge < -0.3 is 11.1 Å². The van der Waals surface area contributed by atoms with E-state index >= 15 is 0 Å². The molecule has 160 valence electrons. The van der Waals surface area contributed by atoms with Gasteiger partial charge in [-0.25, -0.2) is 9.18 Å². The predicted octanol–water partition coefficient (Wildman–Crippen LogP) is 1.75. The number of primary amides is 1. The van der Waals surface area contributed by atoms with Gasteiger partial charge in [-0.2, -0.15) is 9.78 Å². The van der Waals surface area contributed by atoms with Gasteiger partial charge in [-0.15, -0.1) is 10.2 Å². The van der Waals surface area contributed by atoms with E-state index in [-0.39, 0.29) is 11.2 Å². The minimum atomic E-state index is -0.624. The third-order valence-corrected chi connectivity index (χ3v) is 6.21. The van der Waals surface area contributed by atoms with Crippen molar-refractivity contribution in [3.8, 4) is 11.3 Å². The predicted molar refractivity (Wildman–Crippen MR) is 122 cm³/mol. The molecule has 10 heteroatoms. The van der Waals surface area contributed by atoms with Crippen LogP contribution < -0.4 is 16.6 Å². The Labute approximate surface area is 184 Å². The fraction of sp³-hybridized carbons (Fsp3) is 0.227. The second-order valence-corrected chi connectivity index (χ2v) is 8.19. The van der Waals surface area contributed by atoms with E-state index in [9.17, 15) is 9.18 Å². The zero-order valence-electron chi connectivity index (χ0n) is 17.5. The molecule has 1 aliphatic rings. The van der Waals surface area contributed by atoms with Gasteiger partial charge in [0.2, 0.25) is 0 Å². The maximum atomic E-state index is 14.3. The van der Waals surface area contributed by atoms with Crippen LogP contribution in [0.2, 0.25) is 0 Å². The molecule has 0 unspecified atom stereocenters. The summed E-state index contributed by atoms with van der Waals surface area (Å²) in [5.74, 6) is 0.357. The molecular formula is C22H21BFN7O. The number of amides is 1. The van der Waals surface area contributed by atoms with Crippen LogP contribution in [0.4, 0.5) is 15.0 Å². The summed E-state index contributed by atoms with van der Waals surface area (Å²) in [6.45, 7) is 0.548. The molecule has 0 atom stereocenters. The van der Waals surface area contributed by atoms with Gasteiger partial charge in [0.15, 0.2) is 7.85 Å². The Morgan fingerprint density at radius 2 is 2.06 bits per heavy atom. The van der Waals surface area contributed by atoms with E-state index in [4.69, 9.17) is 5.73 Å². The van der Waals surface area contributed by atoms with Gasteiger partial charge >= 0.3 is 6.03 Å². The van der Waals surface area contributed by atoms with Crippen molar-refractivity contribution in [3.05, 3.63) is 60.2 Å². The number of carbonyl (C=O) groups is 1. The number of aromatic nitrogens is 5. The topological polar surface area (TPSA) is 112 Å². The molecule has 1 saturated carbocycles. The molecule has 3 N–H and O–H groups in total. The van der Waals surface area contributed by atoms with Crippen LogP contribution in [0, 0.1) is 5.82 Å². The van der Waals surface area contributed by atoms with Gasteiger partial charge in [0.1, 0.15) is 11.6 Å². The van der Waals surface area contributed by atoms with Crippen LogP contribution in [-0.4, -0.2) is 45.4 Å². The number of pyridine rings is 1. The number of carbonyl (C=O) groups excluding carboxylic acids is 1. The van der Waals surface area contributed by atoms with E-state index in [1.54, 1.807) is 18.3 Å². The number of hydrogen-bond acceptors (Lipinski definition) is 6. The number of fused-ring (bicyclic) bond motifs is 1. The highest BCUT2D eigenvalue weighted by atomic mass is 19.1. The average molecular weight is 429 g/mol. The van der Waals surface area contributed by atoms with Crippen LogP contribution >= 0.6 is 0 Å². The molecule has 4 aromatic rings. The minimum absolute atomic E-state index is 0.263. The van der Waals surface area contributed by atoms with Crippen LogP contribution in [0.25, 0.3) is 22.2 Å². The number of nitrogens with two attached hydrogens (primary N) is 1. The first kappa shape index (κ1) is 20.1. The summed E-state index contributed by atoms with van der Waals surface area (Å²) in [5, 5.41) is 17.0. The van der Waals surface area contributed by atoms with Gasteiger partial charge in [-0.1, -0.05) is 12.5 Å². The molecule has 0 bridgehead atoms. The maximum Gasteiger partial charge on any atom is 0.340 e. The molecule has 1 amide bonds. The second kappa shape index (κ2) is 7.70. The Balaban J connectivity index is 1.35. The van der Waals surface area contributed by atoms with Crippen LogP contribution in [0.15, 0.2) is 48.7 Å². The molecule has 0 spiro atoms. The van der Waals surface area contributed by atoms with Gasteiger partial charge in [0.05, 0.1) is 16.9 Å². The Morgan fingerprint density at radius 1 is 1.22 bits per heavy atom. The summed E-state index contributed by atoms with van der Waals surface area (Å²) in [5.41, 5.74) is 8.50. The van der Waals surface area contributed by atoms with Crippen molar-refractivity contribution in [3.63, 3.8) is 0 Å². The first-order chi connectivity index (χ1) is 15.5. The Bertz CT molecular complexity index is 1320. The fourth-order valence-electron chi connectivity index (χ4n) is 4.31. The van der Waals surface area contributed by atoms with Crippen molar-refractivity contribution >= 4 is 36.2 Å². The number of rotatable bonds is 5. The van der Waals surface area contributed by atoms with Gasteiger partial charge in [0, 0.05) is 34.7 Å². The van der Waals surface area contributed by atoms with Crippen LogP contribution in [0.5, 0.6) is 0 Å². The first-order valence-corrected chi connectivity index (χ1v) is 10.4. The molecule has 0 aliphatic heterocycles. The summed E-state index contributed by atoms with van der Waals surface area (Å²) in [6.07, 6.45) is 4.46. The van der Waals surface area contributed by atoms with Crippen molar-refractivity contribution in [2.45, 2.75) is 24.7 Å². The molecule has 1 fully saturated rings. The van der Waals surface area contributed by atoms with E-state index in [1.165, 1.54) is 10.7 Å². The van der Waals surface area contributed by atoms with E-state index in [0.717, 1.165) is 30.2 Å². The quantitative estimate of drug-likeness (QED) is 0.468. The number of nitrogens with zero attached hydrogens (tertiary/aromatic N) is 5. The molecule has 3 aromatic heterocycles. The zero-order chi connectivity index (χ0) is 22.3. The summed E-state index contributed by atoms with van der Waals surface area (Å²) < 4.78 is 15.5. The lowest BCUT2D eigenvalue weighted by Crippen LogP contribution is -2.42. The van der Waals surface area contributed by atoms with Crippen molar-refractivity contribution in [1.29, 1.82) is 0 Å². The van der Waals surface area contributed by atoms with Crippen molar-refractivity contribution < 1.29 is 9.18 Å². The summed E-state index contributed by atoms with van der Waals surface area (Å²) >= 11 is 0. The molecule has 32 heavy (non-hydrogen) atoms.